The Hall–Kier alpha value is -1.76. The van der Waals surface area contributed by atoms with Crippen LogP contribution in [0.15, 0.2) is 60.7 Å². The highest BCUT2D eigenvalue weighted by Crippen LogP contribution is 2.40. The zero-order valence-electron chi connectivity index (χ0n) is 20.6. The van der Waals surface area contributed by atoms with Gasteiger partial charge in [0, 0.05) is 23.5 Å². The van der Waals surface area contributed by atoms with Crippen LogP contribution in [0.1, 0.15) is 56.6 Å². The molecule has 0 spiro atoms. The lowest BCUT2D eigenvalue weighted by Crippen LogP contribution is -2.45. The summed E-state index contributed by atoms with van der Waals surface area (Å²) in [4.78, 5) is 28.5. The van der Waals surface area contributed by atoms with Crippen molar-refractivity contribution < 1.29 is 14.3 Å². The van der Waals surface area contributed by atoms with Gasteiger partial charge >= 0.3 is 5.97 Å². The Morgan fingerprint density at radius 1 is 1.03 bits per heavy atom. The monoisotopic (exact) mass is 499 g/mol. The summed E-state index contributed by atoms with van der Waals surface area (Å²) in [6, 6.07) is 20.0. The van der Waals surface area contributed by atoms with Crippen molar-refractivity contribution in [3.8, 4) is 0 Å². The van der Waals surface area contributed by atoms with Crippen LogP contribution in [0.2, 0.25) is 0 Å². The molecule has 3 rings (SSSR count). The molecule has 0 bridgehead atoms. The zero-order chi connectivity index (χ0) is 24.4. The molecule has 0 aliphatic carbocycles. The van der Waals surface area contributed by atoms with Gasteiger partial charge in [-0.15, -0.1) is 0 Å². The molecule has 4 nitrogen and oxygen atoms in total. The normalized spacial score (nSPS) is 17.0. The first-order valence-electron chi connectivity index (χ1n) is 12.2. The number of carbonyl (C=O) groups is 2. The summed E-state index contributed by atoms with van der Waals surface area (Å²) in [5.41, 5.74) is 0.981. The van der Waals surface area contributed by atoms with E-state index in [1.165, 1.54) is 12.2 Å². The molecule has 2 atom stereocenters. The maximum absolute atomic E-state index is 13.9. The van der Waals surface area contributed by atoms with E-state index in [-0.39, 0.29) is 24.4 Å². The van der Waals surface area contributed by atoms with E-state index < -0.39 is 5.41 Å². The fraction of sp³-hybridized carbons (Fsp3) is 0.500. The zero-order valence-corrected chi connectivity index (χ0v) is 22.2. The van der Waals surface area contributed by atoms with Crippen molar-refractivity contribution in [1.29, 1.82) is 0 Å². The second-order valence-corrected chi connectivity index (χ2v) is 12.1. The second kappa shape index (κ2) is 13.4. The average Bonchev–Trinajstić information content (AvgIpc) is 3.38. The molecule has 1 aliphatic heterocycles. The molecule has 1 aliphatic rings. The van der Waals surface area contributed by atoms with Crippen LogP contribution >= 0.6 is 21.6 Å². The van der Waals surface area contributed by atoms with Gasteiger partial charge in [-0.3, -0.25) is 9.59 Å². The average molecular weight is 500 g/mol. The first kappa shape index (κ1) is 26.8. The van der Waals surface area contributed by atoms with Crippen LogP contribution < -0.4 is 0 Å². The highest BCUT2D eigenvalue weighted by molar-refractivity contribution is 8.77. The molecule has 0 saturated carbocycles. The van der Waals surface area contributed by atoms with Gasteiger partial charge in [0.05, 0.1) is 5.41 Å². The number of nitrogens with zero attached hydrogens (tertiary/aromatic N) is 1. The fourth-order valence-corrected chi connectivity index (χ4v) is 7.48. The number of hydrogen-bond acceptors (Lipinski definition) is 6. The third-order valence-electron chi connectivity index (χ3n) is 6.74. The summed E-state index contributed by atoms with van der Waals surface area (Å²) in [5.74, 6) is 0.875. The molecular weight excluding hydrogens is 462 g/mol. The molecule has 1 fully saturated rings. The number of ether oxygens (including phenoxy) is 1. The molecule has 1 unspecified atom stereocenters. The van der Waals surface area contributed by atoms with Gasteiger partial charge in [-0.05, 0) is 57.8 Å². The Labute approximate surface area is 212 Å². The van der Waals surface area contributed by atoms with Gasteiger partial charge in [-0.25, -0.2) is 0 Å². The lowest BCUT2D eigenvalue weighted by Gasteiger charge is -2.37. The van der Waals surface area contributed by atoms with E-state index in [2.05, 4.69) is 11.8 Å². The Balaban J connectivity index is 1.73. The minimum atomic E-state index is -0.885. The van der Waals surface area contributed by atoms with Crippen molar-refractivity contribution in [2.45, 2.75) is 62.2 Å². The topological polar surface area (TPSA) is 46.6 Å². The van der Waals surface area contributed by atoms with E-state index >= 15 is 0 Å². The van der Waals surface area contributed by atoms with Crippen LogP contribution in [0.25, 0.3) is 0 Å². The number of Topliss-reactive ketones (excluding diaryl/α,β-unsaturated/α-hetero) is 1. The Bertz CT molecular complexity index is 859. The largest absolute Gasteiger partial charge is 0.458 e. The predicted octanol–water partition coefficient (Wildman–Crippen LogP) is 6.14. The lowest BCUT2D eigenvalue weighted by atomic mass is 9.67. The molecule has 2 aromatic carbocycles. The van der Waals surface area contributed by atoms with Gasteiger partial charge in [0.25, 0.3) is 0 Å². The molecule has 6 heteroatoms. The molecule has 2 aromatic rings. The maximum Gasteiger partial charge on any atom is 0.306 e. The van der Waals surface area contributed by atoms with Gasteiger partial charge in [-0.1, -0.05) is 88.7 Å². The molecular formula is C28H37NO3S2. The van der Waals surface area contributed by atoms with Crippen molar-refractivity contribution in [3.63, 3.8) is 0 Å². The van der Waals surface area contributed by atoms with Crippen LogP contribution in [0.3, 0.4) is 0 Å². The second-order valence-electron chi connectivity index (χ2n) is 9.31. The summed E-state index contributed by atoms with van der Waals surface area (Å²) in [6.07, 6.45) is 5.23. The molecule has 0 radical (unpaired) electrons. The van der Waals surface area contributed by atoms with E-state index in [9.17, 15) is 9.59 Å². The van der Waals surface area contributed by atoms with E-state index in [0.29, 0.717) is 12.8 Å². The van der Waals surface area contributed by atoms with Crippen molar-refractivity contribution >= 4 is 33.3 Å². The van der Waals surface area contributed by atoms with Gasteiger partial charge in [0.1, 0.15) is 0 Å². The summed E-state index contributed by atoms with van der Waals surface area (Å²) in [7, 11) is 7.97. The Morgan fingerprint density at radius 3 is 2.18 bits per heavy atom. The van der Waals surface area contributed by atoms with Crippen LogP contribution in [-0.2, 0) is 19.7 Å². The third-order valence-corrected chi connectivity index (χ3v) is 9.75. The molecule has 0 aromatic heterocycles. The highest BCUT2D eigenvalue weighted by atomic mass is 33.1. The van der Waals surface area contributed by atoms with Crippen molar-refractivity contribution in [2.75, 3.05) is 26.5 Å². The summed E-state index contributed by atoms with van der Waals surface area (Å²) >= 11 is 0. The Kier molecular flexibility index (Phi) is 10.5. The number of ketones is 1. The minimum absolute atomic E-state index is 0.0775. The number of carbonyl (C=O) groups excluding carboxylic acids is 2. The number of benzene rings is 2. The van der Waals surface area contributed by atoms with Crippen molar-refractivity contribution in [2.24, 2.45) is 0 Å². The molecule has 0 amide bonds. The number of rotatable bonds is 13. The summed E-state index contributed by atoms with van der Waals surface area (Å²) < 4.78 is 5.56. The lowest BCUT2D eigenvalue weighted by molar-refractivity contribution is -0.149. The molecule has 0 N–H and O–H groups in total. The summed E-state index contributed by atoms with van der Waals surface area (Å²) in [6.45, 7) is 1.92. The van der Waals surface area contributed by atoms with Crippen LogP contribution in [-0.4, -0.2) is 54.4 Å². The first-order valence-corrected chi connectivity index (χ1v) is 14.6. The minimum Gasteiger partial charge on any atom is -0.458 e. The number of esters is 1. The predicted molar refractivity (Wildman–Crippen MR) is 144 cm³/mol. The highest BCUT2D eigenvalue weighted by Gasteiger charge is 2.43. The maximum atomic E-state index is 13.9. The standard InChI is InChI=1S/C28H37NO3S2/c1-22(29(2)3)20-28(23-12-6-4-7-13-23,24-14-8-5-9-15-24)26(30)21-32-27(31)17-11-10-16-25-18-19-33-34-25/h4-9,12-15,22,25H,10-11,16-21H2,1-3H3/t22?,25-/m0/s1. The van der Waals surface area contributed by atoms with Crippen LogP contribution in [0.5, 0.6) is 0 Å². The fourth-order valence-electron chi connectivity index (χ4n) is 4.46. The quantitative estimate of drug-likeness (QED) is 0.187. The first-order chi connectivity index (χ1) is 16.4. The van der Waals surface area contributed by atoms with Crippen molar-refractivity contribution in [3.05, 3.63) is 71.8 Å². The van der Waals surface area contributed by atoms with Gasteiger partial charge in [0.2, 0.25) is 0 Å². The van der Waals surface area contributed by atoms with E-state index in [1.807, 2.05) is 96.3 Å². The molecule has 1 saturated heterocycles. The van der Waals surface area contributed by atoms with E-state index in [1.54, 1.807) is 0 Å². The third kappa shape index (κ3) is 7.12. The van der Waals surface area contributed by atoms with Crippen molar-refractivity contribution in [1.82, 2.24) is 4.90 Å². The SMILES string of the molecule is CC(CC(C(=O)COC(=O)CCCC[C@H]1CCSS1)(c1ccccc1)c1ccccc1)N(C)C. The molecule has 1 heterocycles. The smallest absolute Gasteiger partial charge is 0.306 e. The van der Waals surface area contributed by atoms with Gasteiger partial charge in [0.15, 0.2) is 12.4 Å². The Morgan fingerprint density at radius 2 is 1.65 bits per heavy atom. The van der Waals surface area contributed by atoms with E-state index in [0.717, 1.165) is 35.6 Å². The van der Waals surface area contributed by atoms with E-state index in [4.69, 9.17) is 4.74 Å². The van der Waals surface area contributed by atoms with Gasteiger partial charge in [-0.2, -0.15) is 0 Å². The number of unbranched alkanes of at least 4 members (excludes halogenated alkanes) is 1. The van der Waals surface area contributed by atoms with Crippen LogP contribution in [0, 0.1) is 0 Å². The van der Waals surface area contributed by atoms with Crippen LogP contribution in [0.4, 0.5) is 0 Å². The molecule has 184 valence electrons. The summed E-state index contributed by atoms with van der Waals surface area (Å²) in [5, 5.41) is 0.721. The molecule has 34 heavy (non-hydrogen) atoms. The number of hydrogen-bond donors (Lipinski definition) is 0. The van der Waals surface area contributed by atoms with Gasteiger partial charge < -0.3 is 9.64 Å².